The van der Waals surface area contributed by atoms with E-state index in [1.165, 1.54) is 0 Å². The molecule has 1 N–H and O–H groups in total. The largest absolute Gasteiger partial charge is 0.372 e. The van der Waals surface area contributed by atoms with Crippen molar-refractivity contribution < 1.29 is 9.47 Å². The minimum Gasteiger partial charge on any atom is -0.372 e. The Morgan fingerprint density at radius 1 is 1.33 bits per heavy atom. The number of aromatic nitrogens is 2. The van der Waals surface area contributed by atoms with Crippen LogP contribution in [0, 0.1) is 0 Å². The van der Waals surface area contributed by atoms with E-state index in [1.807, 2.05) is 6.07 Å². The van der Waals surface area contributed by atoms with Crippen molar-refractivity contribution in [1.29, 1.82) is 0 Å². The van der Waals surface area contributed by atoms with Crippen LogP contribution in [0.2, 0.25) is 0 Å². The lowest BCUT2D eigenvalue weighted by Gasteiger charge is -2.32. The highest BCUT2D eigenvalue weighted by molar-refractivity contribution is 4.94. The van der Waals surface area contributed by atoms with Crippen LogP contribution in [-0.4, -0.2) is 41.4 Å². The number of piperidine rings is 1. The fraction of sp³-hybridized carbons (Fsp3) is 0.692. The second-order valence-corrected chi connectivity index (χ2v) is 5.05. The fourth-order valence-corrected chi connectivity index (χ4v) is 2.74. The molecule has 18 heavy (non-hydrogen) atoms. The van der Waals surface area contributed by atoms with Crippen LogP contribution in [0.15, 0.2) is 18.5 Å². The molecule has 0 amide bonds. The molecular weight excluding hydrogens is 230 g/mol. The van der Waals surface area contributed by atoms with Crippen LogP contribution in [-0.2, 0) is 16.1 Å². The van der Waals surface area contributed by atoms with Gasteiger partial charge in [-0.1, -0.05) is 0 Å². The molecule has 0 radical (unpaired) electrons. The first kappa shape index (κ1) is 12.0. The van der Waals surface area contributed by atoms with Crippen molar-refractivity contribution in [3.8, 4) is 0 Å². The monoisotopic (exact) mass is 249 g/mol. The molecule has 0 bridgehead atoms. The van der Waals surface area contributed by atoms with Gasteiger partial charge in [-0.3, -0.25) is 0 Å². The van der Waals surface area contributed by atoms with E-state index in [0.29, 0.717) is 13.2 Å². The molecule has 2 aliphatic rings. The summed E-state index contributed by atoms with van der Waals surface area (Å²) in [4.78, 5) is 8.31. The number of hydrogen-bond donors (Lipinski definition) is 1. The standard InChI is InChI=1S/C13H19N3O2/c1-4-15-12(16-5-1)10-17-11-8-13(18-9-11)2-6-14-7-3-13/h1,4-5,11,14H,2-3,6-10H2. The van der Waals surface area contributed by atoms with E-state index < -0.39 is 0 Å². The van der Waals surface area contributed by atoms with Crippen LogP contribution in [0.5, 0.6) is 0 Å². The molecule has 1 spiro atoms. The summed E-state index contributed by atoms with van der Waals surface area (Å²) in [5, 5.41) is 3.37. The lowest BCUT2D eigenvalue weighted by atomic mass is 9.89. The van der Waals surface area contributed by atoms with Gasteiger partial charge in [-0.15, -0.1) is 0 Å². The predicted molar refractivity (Wildman–Crippen MR) is 66.0 cm³/mol. The summed E-state index contributed by atoms with van der Waals surface area (Å²) in [6.45, 7) is 3.28. The molecule has 3 rings (SSSR count). The maximum absolute atomic E-state index is 5.98. The van der Waals surface area contributed by atoms with E-state index in [1.54, 1.807) is 12.4 Å². The highest BCUT2D eigenvalue weighted by Gasteiger charge is 2.41. The van der Waals surface area contributed by atoms with Gasteiger partial charge in [0.15, 0.2) is 5.82 Å². The average Bonchev–Trinajstić information content (AvgIpc) is 2.82. The molecule has 5 nitrogen and oxygen atoms in total. The first-order valence-electron chi connectivity index (χ1n) is 6.59. The van der Waals surface area contributed by atoms with E-state index in [0.717, 1.165) is 38.2 Å². The zero-order valence-corrected chi connectivity index (χ0v) is 10.5. The molecular formula is C13H19N3O2. The molecule has 1 atom stereocenters. The summed E-state index contributed by atoms with van der Waals surface area (Å²) < 4.78 is 11.8. The van der Waals surface area contributed by atoms with Gasteiger partial charge in [-0.2, -0.15) is 0 Å². The maximum atomic E-state index is 5.98. The summed E-state index contributed by atoms with van der Waals surface area (Å²) in [5.74, 6) is 0.740. The van der Waals surface area contributed by atoms with Crippen molar-refractivity contribution in [2.24, 2.45) is 0 Å². The molecule has 1 unspecified atom stereocenters. The highest BCUT2D eigenvalue weighted by Crippen LogP contribution is 2.35. The van der Waals surface area contributed by atoms with E-state index in [2.05, 4.69) is 15.3 Å². The molecule has 2 fully saturated rings. The van der Waals surface area contributed by atoms with Gasteiger partial charge in [0.1, 0.15) is 6.61 Å². The third-order valence-corrected chi connectivity index (χ3v) is 3.76. The number of nitrogens with zero attached hydrogens (tertiary/aromatic N) is 2. The van der Waals surface area contributed by atoms with Gasteiger partial charge in [0.05, 0.1) is 18.3 Å². The van der Waals surface area contributed by atoms with Crippen molar-refractivity contribution in [2.75, 3.05) is 19.7 Å². The van der Waals surface area contributed by atoms with Gasteiger partial charge < -0.3 is 14.8 Å². The summed E-state index contributed by atoms with van der Waals surface area (Å²) >= 11 is 0. The Hall–Kier alpha value is -1.04. The fourth-order valence-electron chi connectivity index (χ4n) is 2.74. The molecule has 2 saturated heterocycles. The molecule has 98 valence electrons. The lowest BCUT2D eigenvalue weighted by Crippen LogP contribution is -2.41. The van der Waals surface area contributed by atoms with Crippen LogP contribution in [0.25, 0.3) is 0 Å². The zero-order chi connectivity index (χ0) is 12.3. The molecule has 1 aromatic rings. The van der Waals surface area contributed by atoms with Gasteiger partial charge in [-0.25, -0.2) is 9.97 Å². The molecule has 3 heterocycles. The maximum Gasteiger partial charge on any atom is 0.153 e. The summed E-state index contributed by atoms with van der Waals surface area (Å²) in [6.07, 6.45) is 6.85. The lowest BCUT2D eigenvalue weighted by molar-refractivity contribution is -0.0243. The first-order chi connectivity index (χ1) is 8.86. The van der Waals surface area contributed by atoms with Gasteiger partial charge >= 0.3 is 0 Å². The van der Waals surface area contributed by atoms with Gasteiger partial charge in [0.25, 0.3) is 0 Å². The normalized spacial score (nSPS) is 26.6. The zero-order valence-electron chi connectivity index (χ0n) is 10.5. The van der Waals surface area contributed by atoms with Gasteiger partial charge in [-0.05, 0) is 32.0 Å². The molecule has 0 saturated carbocycles. The van der Waals surface area contributed by atoms with Crippen molar-refractivity contribution >= 4 is 0 Å². The molecule has 1 aromatic heterocycles. The average molecular weight is 249 g/mol. The minimum atomic E-state index is 0.0630. The van der Waals surface area contributed by atoms with Crippen molar-refractivity contribution in [3.63, 3.8) is 0 Å². The Kier molecular flexibility index (Phi) is 3.54. The van der Waals surface area contributed by atoms with E-state index >= 15 is 0 Å². The van der Waals surface area contributed by atoms with Crippen molar-refractivity contribution in [2.45, 2.75) is 37.6 Å². The second kappa shape index (κ2) is 5.30. The molecule has 2 aliphatic heterocycles. The SMILES string of the molecule is c1cnc(COC2COC3(CCNCC3)C2)nc1. The van der Waals surface area contributed by atoms with Crippen molar-refractivity contribution in [3.05, 3.63) is 24.3 Å². The third kappa shape index (κ3) is 2.68. The Morgan fingerprint density at radius 3 is 2.89 bits per heavy atom. The number of nitrogens with one attached hydrogen (secondary N) is 1. The molecule has 0 aliphatic carbocycles. The van der Waals surface area contributed by atoms with Crippen LogP contribution in [0.4, 0.5) is 0 Å². The van der Waals surface area contributed by atoms with E-state index in [9.17, 15) is 0 Å². The minimum absolute atomic E-state index is 0.0630. The Morgan fingerprint density at radius 2 is 2.11 bits per heavy atom. The van der Waals surface area contributed by atoms with Crippen LogP contribution < -0.4 is 5.32 Å². The summed E-state index contributed by atoms with van der Waals surface area (Å²) in [5.41, 5.74) is 0.0630. The van der Waals surface area contributed by atoms with E-state index in [-0.39, 0.29) is 11.7 Å². The quantitative estimate of drug-likeness (QED) is 0.862. The molecule has 0 aromatic carbocycles. The third-order valence-electron chi connectivity index (χ3n) is 3.76. The summed E-state index contributed by atoms with van der Waals surface area (Å²) in [7, 11) is 0. The topological polar surface area (TPSA) is 56.3 Å². The molecule has 5 heteroatoms. The Bertz CT molecular complexity index is 379. The number of rotatable bonds is 3. The second-order valence-electron chi connectivity index (χ2n) is 5.05. The van der Waals surface area contributed by atoms with Gasteiger partial charge in [0, 0.05) is 18.8 Å². The van der Waals surface area contributed by atoms with Crippen molar-refractivity contribution in [1.82, 2.24) is 15.3 Å². The van der Waals surface area contributed by atoms with E-state index in [4.69, 9.17) is 9.47 Å². The Balaban J connectivity index is 1.50. The van der Waals surface area contributed by atoms with Gasteiger partial charge in [0.2, 0.25) is 0 Å². The van der Waals surface area contributed by atoms with Crippen LogP contribution in [0.1, 0.15) is 25.1 Å². The van der Waals surface area contributed by atoms with Crippen LogP contribution >= 0.6 is 0 Å². The smallest absolute Gasteiger partial charge is 0.153 e. The predicted octanol–water partition coefficient (Wildman–Crippen LogP) is 0.904. The number of hydrogen-bond acceptors (Lipinski definition) is 5. The summed E-state index contributed by atoms with van der Waals surface area (Å²) in [6, 6.07) is 1.81. The first-order valence-corrected chi connectivity index (χ1v) is 6.59. The Labute approximate surface area is 107 Å². The highest BCUT2D eigenvalue weighted by atomic mass is 16.6. The number of ether oxygens (including phenoxy) is 2. The van der Waals surface area contributed by atoms with Crippen LogP contribution in [0.3, 0.4) is 0 Å².